The third kappa shape index (κ3) is 3.90. The molecule has 0 amide bonds. The molecule has 1 aromatic carbocycles. The molecular weight excluding hydrogens is 400 g/mol. The fourth-order valence-corrected chi connectivity index (χ4v) is 6.75. The predicted octanol–water partition coefficient (Wildman–Crippen LogP) is 2.56. The van der Waals surface area contributed by atoms with E-state index in [9.17, 15) is 8.42 Å². The van der Waals surface area contributed by atoms with Gasteiger partial charge in [0.25, 0.3) is 0 Å². The van der Waals surface area contributed by atoms with Gasteiger partial charge in [0.05, 0.1) is 17.3 Å². The van der Waals surface area contributed by atoms with Crippen LogP contribution in [0.4, 0.5) is 0 Å². The number of nitrogens with zero attached hydrogens (tertiary/aromatic N) is 6. The second-order valence-electron chi connectivity index (χ2n) is 8.41. The van der Waals surface area contributed by atoms with Crippen LogP contribution in [0, 0.1) is 0 Å². The maximum Gasteiger partial charge on any atom is 0.218 e. The minimum atomic E-state index is -3.43. The van der Waals surface area contributed by atoms with E-state index in [0.717, 1.165) is 37.3 Å². The summed E-state index contributed by atoms with van der Waals surface area (Å²) in [6.07, 6.45) is 5.26. The molecule has 1 saturated heterocycles. The molecule has 8 nitrogen and oxygen atoms in total. The van der Waals surface area contributed by atoms with E-state index in [0.29, 0.717) is 25.6 Å². The zero-order chi connectivity index (χ0) is 21.2. The smallest absolute Gasteiger partial charge is 0.218 e. The molecule has 1 unspecified atom stereocenters. The van der Waals surface area contributed by atoms with Crippen LogP contribution in [0.15, 0.2) is 30.3 Å². The van der Waals surface area contributed by atoms with Gasteiger partial charge in [-0.1, -0.05) is 57.0 Å². The van der Waals surface area contributed by atoms with Crippen LogP contribution in [0.25, 0.3) is 0 Å². The number of likely N-dealkylation sites (N-methyl/N-ethyl adjacent to an activating group) is 1. The van der Waals surface area contributed by atoms with Crippen LogP contribution in [-0.4, -0.2) is 64.0 Å². The van der Waals surface area contributed by atoms with Gasteiger partial charge in [-0.2, -0.15) is 4.31 Å². The maximum absolute atomic E-state index is 13.2. The van der Waals surface area contributed by atoms with Gasteiger partial charge in [-0.15, -0.1) is 5.10 Å². The minimum absolute atomic E-state index is 0.0235. The first-order valence-electron chi connectivity index (χ1n) is 11.1. The summed E-state index contributed by atoms with van der Waals surface area (Å²) in [6.45, 7) is 6.77. The highest BCUT2D eigenvalue weighted by atomic mass is 32.2. The molecule has 2 fully saturated rings. The molecule has 0 bridgehead atoms. The predicted molar refractivity (Wildman–Crippen MR) is 115 cm³/mol. The highest BCUT2D eigenvalue weighted by Gasteiger charge is 2.50. The average molecular weight is 433 g/mol. The second-order valence-corrected chi connectivity index (χ2v) is 10.4. The van der Waals surface area contributed by atoms with Crippen LogP contribution in [0.3, 0.4) is 0 Å². The van der Waals surface area contributed by atoms with Crippen molar-refractivity contribution in [3.05, 3.63) is 41.7 Å². The molecule has 9 heteroatoms. The summed E-state index contributed by atoms with van der Waals surface area (Å²) >= 11 is 0. The molecule has 1 aliphatic heterocycles. The van der Waals surface area contributed by atoms with Gasteiger partial charge in [-0.25, -0.2) is 13.1 Å². The Bertz CT molecular complexity index is 937. The third-order valence-electron chi connectivity index (χ3n) is 6.75. The van der Waals surface area contributed by atoms with E-state index in [1.165, 1.54) is 12.8 Å². The summed E-state index contributed by atoms with van der Waals surface area (Å²) in [6, 6.07) is 9.71. The summed E-state index contributed by atoms with van der Waals surface area (Å²) in [5.41, 5.74) is 0.327. The molecule has 1 saturated carbocycles. The van der Waals surface area contributed by atoms with Crippen LogP contribution in [0.2, 0.25) is 0 Å². The molecule has 164 valence electrons. The number of benzene rings is 1. The minimum Gasteiger partial charge on any atom is -0.290 e. The molecule has 1 aromatic heterocycles. The Balaban J connectivity index is 1.66. The lowest BCUT2D eigenvalue weighted by molar-refractivity contribution is 0.0939. The summed E-state index contributed by atoms with van der Waals surface area (Å²) in [4.78, 5) is 2.34. The highest BCUT2D eigenvalue weighted by molar-refractivity contribution is 7.88. The Labute approximate surface area is 179 Å². The Kier molecular flexibility index (Phi) is 6.22. The number of aromatic nitrogens is 4. The van der Waals surface area contributed by atoms with Gasteiger partial charge in [0.1, 0.15) is 0 Å². The summed E-state index contributed by atoms with van der Waals surface area (Å²) in [7, 11) is -3.43. The van der Waals surface area contributed by atoms with Gasteiger partial charge in [0.15, 0.2) is 5.82 Å². The molecule has 4 rings (SSSR count). The van der Waals surface area contributed by atoms with Crippen molar-refractivity contribution >= 4 is 10.0 Å². The van der Waals surface area contributed by atoms with Crippen LogP contribution in [0.5, 0.6) is 0 Å². The Morgan fingerprint density at radius 2 is 1.83 bits per heavy atom. The van der Waals surface area contributed by atoms with Crippen LogP contribution in [0.1, 0.15) is 63.4 Å². The molecule has 2 heterocycles. The van der Waals surface area contributed by atoms with Crippen molar-refractivity contribution in [3.8, 4) is 0 Å². The van der Waals surface area contributed by atoms with Crippen molar-refractivity contribution in [2.24, 2.45) is 0 Å². The molecule has 0 radical (unpaired) electrons. The fourth-order valence-electron chi connectivity index (χ4n) is 5.18. The average Bonchev–Trinajstić information content (AvgIpc) is 3.49. The maximum atomic E-state index is 13.2. The van der Waals surface area contributed by atoms with Crippen molar-refractivity contribution in [1.82, 2.24) is 29.4 Å². The lowest BCUT2D eigenvalue weighted by Gasteiger charge is -2.39. The highest BCUT2D eigenvalue weighted by Crippen LogP contribution is 2.40. The van der Waals surface area contributed by atoms with E-state index in [1.807, 2.05) is 35.0 Å². The number of tetrazole rings is 1. The molecule has 0 N–H and O–H groups in total. The van der Waals surface area contributed by atoms with Gasteiger partial charge < -0.3 is 0 Å². The number of rotatable bonds is 8. The Morgan fingerprint density at radius 3 is 2.50 bits per heavy atom. The Hall–Kier alpha value is -1.84. The standard InChI is InChI=1S/C21H32N6O2S/c1-3-25(4-2)21(20-22-23-24-27(20)19-12-8-9-13-19)14-15-26(17-21)30(28,29)16-18-10-6-5-7-11-18/h5-7,10-11,19H,3-4,8-9,12-17H2,1-2H3. The molecule has 0 spiro atoms. The molecule has 2 aromatic rings. The van der Waals surface area contributed by atoms with Crippen molar-refractivity contribution in [2.45, 2.75) is 63.3 Å². The fraction of sp³-hybridized carbons (Fsp3) is 0.667. The van der Waals surface area contributed by atoms with Crippen LogP contribution >= 0.6 is 0 Å². The van der Waals surface area contributed by atoms with E-state index < -0.39 is 15.6 Å². The number of hydrogen-bond acceptors (Lipinski definition) is 6. The van der Waals surface area contributed by atoms with Gasteiger partial charge >= 0.3 is 0 Å². The normalized spacial score (nSPS) is 23.6. The van der Waals surface area contributed by atoms with E-state index in [1.54, 1.807) is 4.31 Å². The SMILES string of the molecule is CCN(CC)C1(c2nnnn2C2CCCC2)CCN(S(=O)(=O)Cc2ccccc2)C1. The monoisotopic (exact) mass is 432 g/mol. The third-order valence-corrected chi connectivity index (χ3v) is 8.54. The van der Waals surface area contributed by atoms with Crippen LogP contribution in [-0.2, 0) is 21.3 Å². The van der Waals surface area contributed by atoms with Gasteiger partial charge in [-0.3, -0.25) is 4.90 Å². The zero-order valence-corrected chi connectivity index (χ0v) is 18.8. The first kappa shape index (κ1) is 21.4. The van der Waals surface area contributed by atoms with Gasteiger partial charge in [0.2, 0.25) is 10.0 Å². The van der Waals surface area contributed by atoms with Crippen LogP contribution < -0.4 is 0 Å². The summed E-state index contributed by atoms with van der Waals surface area (Å²) in [5, 5.41) is 12.9. The molecule has 2 aliphatic rings. The lowest BCUT2D eigenvalue weighted by Crippen LogP contribution is -2.50. The quantitative estimate of drug-likeness (QED) is 0.637. The zero-order valence-electron chi connectivity index (χ0n) is 17.9. The summed E-state index contributed by atoms with van der Waals surface area (Å²) < 4.78 is 30.1. The van der Waals surface area contributed by atoms with Crippen molar-refractivity contribution in [1.29, 1.82) is 0 Å². The largest absolute Gasteiger partial charge is 0.290 e. The number of sulfonamides is 1. The van der Waals surface area contributed by atoms with Crippen molar-refractivity contribution < 1.29 is 8.42 Å². The molecule has 1 aliphatic carbocycles. The van der Waals surface area contributed by atoms with Crippen molar-refractivity contribution in [3.63, 3.8) is 0 Å². The van der Waals surface area contributed by atoms with Gasteiger partial charge in [-0.05, 0) is 48.3 Å². The number of hydrogen-bond donors (Lipinski definition) is 0. The first-order valence-corrected chi connectivity index (χ1v) is 12.7. The first-order chi connectivity index (χ1) is 14.5. The van der Waals surface area contributed by atoms with E-state index >= 15 is 0 Å². The van der Waals surface area contributed by atoms with E-state index in [2.05, 4.69) is 34.3 Å². The molecular formula is C21H32N6O2S. The lowest BCUT2D eigenvalue weighted by atomic mass is 9.94. The van der Waals surface area contributed by atoms with E-state index in [4.69, 9.17) is 0 Å². The van der Waals surface area contributed by atoms with Crippen molar-refractivity contribution in [2.75, 3.05) is 26.2 Å². The topological polar surface area (TPSA) is 84.2 Å². The Morgan fingerprint density at radius 1 is 1.13 bits per heavy atom. The second kappa shape index (κ2) is 8.72. The van der Waals surface area contributed by atoms with E-state index in [-0.39, 0.29) is 5.75 Å². The van der Waals surface area contributed by atoms with Gasteiger partial charge in [0, 0.05) is 13.1 Å². The summed E-state index contributed by atoms with van der Waals surface area (Å²) in [5.74, 6) is 0.853. The molecule has 30 heavy (non-hydrogen) atoms. The molecule has 1 atom stereocenters.